The highest BCUT2D eigenvalue weighted by atomic mass is 16.5. The second kappa shape index (κ2) is 8.67. The zero-order valence-corrected chi connectivity index (χ0v) is 18.9. The molecule has 1 amide bonds. The Balaban J connectivity index is 1.64. The van der Waals surface area contributed by atoms with E-state index in [0.29, 0.717) is 23.3 Å². The van der Waals surface area contributed by atoms with Gasteiger partial charge in [0.25, 0.3) is 11.7 Å². The lowest BCUT2D eigenvalue weighted by atomic mass is 9.94. The SMILES string of the molecule is COc1cccc(C2C(=C(O)c3ccc4c(c3)CC(C)O4)C(=O)C(=O)N2Cc2ccncc2)c1. The van der Waals surface area contributed by atoms with Gasteiger partial charge >= 0.3 is 0 Å². The summed E-state index contributed by atoms with van der Waals surface area (Å²) in [5.41, 5.74) is 2.99. The van der Waals surface area contributed by atoms with Gasteiger partial charge < -0.3 is 19.5 Å². The minimum absolute atomic E-state index is 0.0510. The van der Waals surface area contributed by atoms with Gasteiger partial charge in [0.1, 0.15) is 23.4 Å². The number of hydrogen-bond donors (Lipinski definition) is 1. The van der Waals surface area contributed by atoms with E-state index in [4.69, 9.17) is 9.47 Å². The number of aromatic nitrogens is 1. The van der Waals surface area contributed by atoms with Crippen LogP contribution in [0.2, 0.25) is 0 Å². The molecule has 3 heterocycles. The number of benzene rings is 2. The van der Waals surface area contributed by atoms with Crippen LogP contribution in [-0.4, -0.2) is 39.9 Å². The normalized spacial score (nSPS) is 20.8. The van der Waals surface area contributed by atoms with E-state index >= 15 is 0 Å². The molecule has 0 spiro atoms. The standard InChI is InChI=1S/C27H24N2O5/c1-16-12-20-13-19(6-7-22(20)34-16)25(30)23-24(18-4-3-5-21(14-18)33-2)29(27(32)26(23)31)15-17-8-10-28-11-9-17/h3-11,13-14,16,24,30H,12,15H2,1-2H3. The minimum atomic E-state index is -0.772. The molecule has 1 aromatic heterocycles. The van der Waals surface area contributed by atoms with E-state index in [9.17, 15) is 14.7 Å². The first-order valence-corrected chi connectivity index (χ1v) is 11.1. The molecular formula is C27H24N2O5. The van der Waals surface area contributed by atoms with E-state index in [2.05, 4.69) is 4.98 Å². The molecule has 1 N–H and O–H groups in total. The molecule has 172 valence electrons. The molecule has 2 aliphatic rings. The van der Waals surface area contributed by atoms with Gasteiger partial charge in [0, 0.05) is 30.9 Å². The van der Waals surface area contributed by atoms with E-state index in [1.807, 2.05) is 19.1 Å². The lowest BCUT2D eigenvalue weighted by Crippen LogP contribution is -2.29. The highest BCUT2D eigenvalue weighted by Gasteiger charge is 2.46. The predicted octanol–water partition coefficient (Wildman–Crippen LogP) is 4.04. The Labute approximate surface area is 197 Å². The molecule has 2 aromatic carbocycles. The number of nitrogens with zero attached hydrogens (tertiary/aromatic N) is 2. The van der Waals surface area contributed by atoms with Crippen LogP contribution >= 0.6 is 0 Å². The molecule has 2 atom stereocenters. The van der Waals surface area contributed by atoms with Gasteiger partial charge in [0.05, 0.1) is 18.7 Å². The molecule has 0 radical (unpaired) electrons. The van der Waals surface area contributed by atoms with Crippen molar-refractivity contribution in [1.29, 1.82) is 0 Å². The molecule has 0 bridgehead atoms. The first-order valence-electron chi connectivity index (χ1n) is 11.1. The highest BCUT2D eigenvalue weighted by molar-refractivity contribution is 6.46. The molecule has 7 heteroatoms. The first-order chi connectivity index (χ1) is 16.5. The number of amides is 1. The number of aliphatic hydroxyl groups excluding tert-OH is 1. The Hall–Kier alpha value is -4.13. The lowest BCUT2D eigenvalue weighted by Gasteiger charge is -2.25. The fourth-order valence-electron chi connectivity index (χ4n) is 4.61. The maximum Gasteiger partial charge on any atom is 0.295 e. The molecule has 1 fully saturated rings. The molecule has 34 heavy (non-hydrogen) atoms. The van der Waals surface area contributed by atoms with E-state index in [1.165, 1.54) is 4.90 Å². The molecule has 0 saturated carbocycles. The average molecular weight is 456 g/mol. The number of carbonyl (C=O) groups is 2. The van der Waals surface area contributed by atoms with Crippen LogP contribution in [0.4, 0.5) is 0 Å². The van der Waals surface area contributed by atoms with Gasteiger partial charge in [-0.25, -0.2) is 0 Å². The van der Waals surface area contributed by atoms with Gasteiger partial charge in [0.15, 0.2) is 0 Å². The number of hydrogen-bond acceptors (Lipinski definition) is 6. The molecular weight excluding hydrogens is 432 g/mol. The van der Waals surface area contributed by atoms with Crippen LogP contribution in [0.15, 0.2) is 72.6 Å². The first kappa shape index (κ1) is 21.7. The van der Waals surface area contributed by atoms with E-state index < -0.39 is 17.7 Å². The maximum absolute atomic E-state index is 13.3. The van der Waals surface area contributed by atoms with Crippen molar-refractivity contribution in [2.75, 3.05) is 7.11 Å². The van der Waals surface area contributed by atoms with Gasteiger partial charge in [-0.05, 0) is 66.1 Å². The van der Waals surface area contributed by atoms with Gasteiger partial charge in [-0.2, -0.15) is 0 Å². The number of Topliss-reactive ketones (excluding diaryl/α,β-unsaturated/α-hetero) is 1. The van der Waals surface area contributed by atoms with Crippen molar-refractivity contribution < 1.29 is 24.2 Å². The summed E-state index contributed by atoms with van der Waals surface area (Å²) in [5.74, 6) is -0.221. The summed E-state index contributed by atoms with van der Waals surface area (Å²) in [5, 5.41) is 11.3. The van der Waals surface area contributed by atoms with Crippen molar-refractivity contribution >= 4 is 17.4 Å². The van der Waals surface area contributed by atoms with Crippen molar-refractivity contribution in [1.82, 2.24) is 9.88 Å². The summed E-state index contributed by atoms with van der Waals surface area (Å²) < 4.78 is 11.1. The Morgan fingerprint density at radius 2 is 1.94 bits per heavy atom. The Morgan fingerprint density at radius 1 is 1.15 bits per heavy atom. The van der Waals surface area contributed by atoms with Crippen LogP contribution in [0, 0.1) is 0 Å². The van der Waals surface area contributed by atoms with Crippen LogP contribution < -0.4 is 9.47 Å². The third-order valence-electron chi connectivity index (χ3n) is 6.22. The molecule has 7 nitrogen and oxygen atoms in total. The van der Waals surface area contributed by atoms with Crippen LogP contribution in [0.1, 0.15) is 35.2 Å². The van der Waals surface area contributed by atoms with Crippen molar-refractivity contribution in [3.8, 4) is 11.5 Å². The zero-order chi connectivity index (χ0) is 23.8. The third-order valence-corrected chi connectivity index (χ3v) is 6.22. The number of ether oxygens (including phenoxy) is 2. The van der Waals surface area contributed by atoms with Gasteiger partial charge in [-0.3, -0.25) is 14.6 Å². The highest BCUT2D eigenvalue weighted by Crippen LogP contribution is 2.42. The van der Waals surface area contributed by atoms with Crippen LogP contribution in [0.5, 0.6) is 11.5 Å². The summed E-state index contributed by atoms with van der Waals surface area (Å²) in [6, 6.07) is 15.3. The molecule has 5 rings (SSSR count). The van der Waals surface area contributed by atoms with Crippen LogP contribution in [0.25, 0.3) is 5.76 Å². The van der Waals surface area contributed by atoms with Gasteiger partial charge in [-0.1, -0.05) is 12.1 Å². The number of pyridine rings is 1. The second-order valence-electron chi connectivity index (χ2n) is 8.51. The van der Waals surface area contributed by atoms with Crippen LogP contribution in [0.3, 0.4) is 0 Å². The van der Waals surface area contributed by atoms with Crippen molar-refractivity contribution in [2.24, 2.45) is 0 Å². The van der Waals surface area contributed by atoms with Crippen molar-refractivity contribution in [3.05, 3.63) is 94.8 Å². The number of carbonyl (C=O) groups excluding carboxylic acids is 2. The fourth-order valence-corrected chi connectivity index (χ4v) is 4.61. The summed E-state index contributed by atoms with van der Waals surface area (Å²) in [6.45, 7) is 2.17. The number of aliphatic hydroxyl groups is 1. The van der Waals surface area contributed by atoms with Crippen molar-refractivity contribution in [2.45, 2.75) is 32.0 Å². The Morgan fingerprint density at radius 3 is 2.71 bits per heavy atom. The van der Waals surface area contributed by atoms with Crippen LogP contribution in [-0.2, 0) is 22.6 Å². The number of rotatable bonds is 5. The molecule has 2 aliphatic heterocycles. The summed E-state index contributed by atoms with van der Waals surface area (Å²) >= 11 is 0. The summed E-state index contributed by atoms with van der Waals surface area (Å²) in [6.07, 6.45) is 4.04. The van der Waals surface area contributed by atoms with Gasteiger partial charge in [0.2, 0.25) is 0 Å². The Kier molecular flexibility index (Phi) is 5.53. The number of ketones is 1. The van der Waals surface area contributed by atoms with Crippen molar-refractivity contribution in [3.63, 3.8) is 0 Å². The monoisotopic (exact) mass is 456 g/mol. The topological polar surface area (TPSA) is 89.0 Å². The minimum Gasteiger partial charge on any atom is -0.507 e. The predicted molar refractivity (Wildman–Crippen MR) is 125 cm³/mol. The summed E-state index contributed by atoms with van der Waals surface area (Å²) in [4.78, 5) is 32.0. The number of likely N-dealkylation sites (tertiary alicyclic amines) is 1. The molecule has 2 unspecified atom stereocenters. The number of fused-ring (bicyclic) bond motifs is 1. The molecule has 1 saturated heterocycles. The fraction of sp³-hybridized carbons (Fsp3) is 0.222. The second-order valence-corrected chi connectivity index (χ2v) is 8.51. The third kappa shape index (κ3) is 3.79. The molecule has 0 aliphatic carbocycles. The van der Waals surface area contributed by atoms with E-state index in [-0.39, 0.29) is 24.0 Å². The van der Waals surface area contributed by atoms with E-state index in [0.717, 1.165) is 16.9 Å². The molecule has 3 aromatic rings. The largest absolute Gasteiger partial charge is 0.507 e. The zero-order valence-electron chi connectivity index (χ0n) is 18.9. The lowest BCUT2D eigenvalue weighted by molar-refractivity contribution is -0.140. The van der Waals surface area contributed by atoms with Gasteiger partial charge in [-0.15, -0.1) is 0 Å². The summed E-state index contributed by atoms with van der Waals surface area (Å²) in [7, 11) is 1.56. The number of methoxy groups -OCH3 is 1. The smallest absolute Gasteiger partial charge is 0.295 e. The quantitative estimate of drug-likeness (QED) is 0.354. The Bertz CT molecular complexity index is 1300. The average Bonchev–Trinajstić information content (AvgIpc) is 3.35. The maximum atomic E-state index is 13.3. The van der Waals surface area contributed by atoms with E-state index in [1.54, 1.807) is 62.0 Å².